The number of rotatable bonds is 4. The number of hydrogen-bond donors (Lipinski definition) is 1. The number of aromatic nitrogens is 2. The first-order valence-electron chi connectivity index (χ1n) is 7.08. The highest BCUT2D eigenvalue weighted by atomic mass is 14.9. The molecule has 1 heterocycles. The fourth-order valence-electron chi connectivity index (χ4n) is 2.57. The second-order valence-electron chi connectivity index (χ2n) is 5.77. The molecule has 1 unspecified atom stereocenters. The van der Waals surface area contributed by atoms with Crippen LogP contribution in [0.2, 0.25) is 0 Å². The average Bonchev–Trinajstić information content (AvgIpc) is 2.24. The maximum Gasteiger partial charge on any atom is 0.133 e. The van der Waals surface area contributed by atoms with Crippen LogP contribution < -0.4 is 5.73 Å². The van der Waals surface area contributed by atoms with E-state index >= 15 is 0 Å². The normalized spacial score (nSPS) is 12.4. The molecular formula is C17H23N3. The van der Waals surface area contributed by atoms with E-state index in [9.17, 15) is 0 Å². The van der Waals surface area contributed by atoms with Crippen molar-refractivity contribution in [2.45, 2.75) is 46.6 Å². The quantitative estimate of drug-likeness (QED) is 0.928. The molecule has 0 saturated carbocycles. The van der Waals surface area contributed by atoms with Gasteiger partial charge in [-0.2, -0.15) is 0 Å². The largest absolute Gasteiger partial charge is 0.328 e. The van der Waals surface area contributed by atoms with E-state index in [1.54, 1.807) is 0 Å². The van der Waals surface area contributed by atoms with E-state index < -0.39 is 0 Å². The molecule has 20 heavy (non-hydrogen) atoms. The first-order chi connectivity index (χ1) is 9.42. The van der Waals surface area contributed by atoms with E-state index in [0.29, 0.717) is 0 Å². The maximum atomic E-state index is 5.86. The third-order valence-electron chi connectivity index (χ3n) is 3.13. The zero-order valence-corrected chi connectivity index (χ0v) is 12.8. The minimum absolute atomic E-state index is 0.123. The molecule has 2 aromatic rings. The van der Waals surface area contributed by atoms with Gasteiger partial charge in [0.15, 0.2) is 0 Å². The molecule has 2 rings (SSSR count). The molecule has 1 aromatic carbocycles. The third-order valence-corrected chi connectivity index (χ3v) is 3.13. The lowest BCUT2D eigenvalue weighted by Crippen LogP contribution is -2.19. The van der Waals surface area contributed by atoms with Gasteiger partial charge < -0.3 is 5.73 Å². The Balaban J connectivity index is 2.26. The van der Waals surface area contributed by atoms with Gasteiger partial charge in [-0.25, -0.2) is 9.97 Å². The van der Waals surface area contributed by atoms with Crippen molar-refractivity contribution in [1.82, 2.24) is 9.97 Å². The predicted molar refractivity (Wildman–Crippen MR) is 82.8 cm³/mol. The van der Waals surface area contributed by atoms with Crippen molar-refractivity contribution < 1.29 is 0 Å². The van der Waals surface area contributed by atoms with Gasteiger partial charge in [-0.15, -0.1) is 0 Å². The summed E-state index contributed by atoms with van der Waals surface area (Å²) < 4.78 is 0. The molecule has 3 heteroatoms. The summed E-state index contributed by atoms with van der Waals surface area (Å²) in [5.74, 6) is 0.880. The van der Waals surface area contributed by atoms with E-state index in [1.807, 2.05) is 19.9 Å². The molecular weight excluding hydrogens is 246 g/mol. The van der Waals surface area contributed by atoms with E-state index in [2.05, 4.69) is 42.0 Å². The summed E-state index contributed by atoms with van der Waals surface area (Å²) in [4.78, 5) is 9.18. The Kier molecular flexibility index (Phi) is 4.50. The molecule has 0 amide bonds. The minimum atomic E-state index is 0.123. The Bertz CT molecular complexity index is 583. The van der Waals surface area contributed by atoms with Gasteiger partial charge in [0.25, 0.3) is 0 Å². The van der Waals surface area contributed by atoms with Gasteiger partial charge in [-0.3, -0.25) is 0 Å². The summed E-state index contributed by atoms with van der Waals surface area (Å²) in [6.45, 7) is 8.25. The lowest BCUT2D eigenvalue weighted by Gasteiger charge is -2.09. The molecule has 0 saturated heterocycles. The predicted octanol–water partition coefficient (Wildman–Crippen LogP) is 2.88. The second kappa shape index (κ2) is 6.14. The maximum absolute atomic E-state index is 5.86. The molecule has 3 nitrogen and oxygen atoms in total. The van der Waals surface area contributed by atoms with Crippen LogP contribution in [0.3, 0.4) is 0 Å². The summed E-state index contributed by atoms with van der Waals surface area (Å²) in [6.07, 6.45) is 1.57. The molecule has 0 aliphatic heterocycles. The third kappa shape index (κ3) is 4.14. The van der Waals surface area contributed by atoms with Crippen LogP contribution in [0.1, 0.15) is 40.8 Å². The Morgan fingerprint density at radius 1 is 1.00 bits per heavy atom. The van der Waals surface area contributed by atoms with Gasteiger partial charge in [0.05, 0.1) is 0 Å². The number of hydrogen-bond acceptors (Lipinski definition) is 3. The number of aryl methyl sites for hydroxylation is 3. The van der Waals surface area contributed by atoms with Gasteiger partial charge >= 0.3 is 0 Å². The zero-order valence-electron chi connectivity index (χ0n) is 12.8. The van der Waals surface area contributed by atoms with Crippen LogP contribution in [0.15, 0.2) is 24.3 Å². The summed E-state index contributed by atoms with van der Waals surface area (Å²) >= 11 is 0. The van der Waals surface area contributed by atoms with Crippen LogP contribution >= 0.6 is 0 Å². The van der Waals surface area contributed by atoms with Crippen LogP contribution in [-0.4, -0.2) is 16.0 Å². The van der Waals surface area contributed by atoms with Crippen molar-refractivity contribution in [3.63, 3.8) is 0 Å². The van der Waals surface area contributed by atoms with E-state index in [1.165, 1.54) is 16.7 Å². The fourth-order valence-corrected chi connectivity index (χ4v) is 2.57. The number of nitrogens with two attached hydrogens (primary N) is 1. The second-order valence-corrected chi connectivity index (χ2v) is 5.77. The van der Waals surface area contributed by atoms with Gasteiger partial charge in [-0.05, 0) is 39.3 Å². The van der Waals surface area contributed by atoms with Crippen LogP contribution in [0.5, 0.6) is 0 Å². The van der Waals surface area contributed by atoms with Crippen molar-refractivity contribution >= 4 is 0 Å². The van der Waals surface area contributed by atoms with Crippen molar-refractivity contribution in [2.75, 3.05) is 0 Å². The van der Waals surface area contributed by atoms with Crippen molar-refractivity contribution in [3.05, 3.63) is 58.2 Å². The number of nitrogens with zero attached hydrogens (tertiary/aromatic N) is 2. The Morgan fingerprint density at radius 2 is 1.65 bits per heavy atom. The Hall–Kier alpha value is -1.74. The molecule has 2 N–H and O–H groups in total. The number of benzene rings is 1. The summed E-state index contributed by atoms with van der Waals surface area (Å²) in [6, 6.07) is 8.73. The topological polar surface area (TPSA) is 51.8 Å². The zero-order chi connectivity index (χ0) is 14.7. The van der Waals surface area contributed by atoms with E-state index in [4.69, 9.17) is 5.73 Å². The smallest absolute Gasteiger partial charge is 0.133 e. The van der Waals surface area contributed by atoms with Gasteiger partial charge in [-0.1, -0.05) is 29.3 Å². The molecule has 0 bridgehead atoms. The van der Waals surface area contributed by atoms with Crippen LogP contribution in [0, 0.1) is 20.8 Å². The summed E-state index contributed by atoms with van der Waals surface area (Å²) in [5, 5.41) is 0. The van der Waals surface area contributed by atoms with Crippen molar-refractivity contribution in [3.8, 4) is 0 Å². The SMILES string of the molecule is Cc1cc(C)cc(Cc2nc(C)cc(CC(C)N)n2)c1. The fraction of sp³-hybridized carbons (Fsp3) is 0.412. The molecule has 0 aliphatic carbocycles. The Labute approximate surface area is 121 Å². The van der Waals surface area contributed by atoms with Crippen molar-refractivity contribution in [2.24, 2.45) is 5.73 Å². The highest BCUT2D eigenvalue weighted by Crippen LogP contribution is 2.13. The van der Waals surface area contributed by atoms with Gasteiger partial charge in [0.2, 0.25) is 0 Å². The van der Waals surface area contributed by atoms with E-state index in [0.717, 1.165) is 30.1 Å². The van der Waals surface area contributed by atoms with Gasteiger partial charge in [0.1, 0.15) is 5.82 Å². The first-order valence-corrected chi connectivity index (χ1v) is 7.08. The highest BCUT2D eigenvalue weighted by molar-refractivity contribution is 5.30. The monoisotopic (exact) mass is 269 g/mol. The lowest BCUT2D eigenvalue weighted by atomic mass is 10.0. The molecule has 0 spiro atoms. The average molecular weight is 269 g/mol. The molecule has 0 radical (unpaired) electrons. The van der Waals surface area contributed by atoms with Crippen LogP contribution in [-0.2, 0) is 12.8 Å². The Morgan fingerprint density at radius 3 is 2.25 bits per heavy atom. The van der Waals surface area contributed by atoms with Crippen LogP contribution in [0.4, 0.5) is 0 Å². The van der Waals surface area contributed by atoms with Gasteiger partial charge in [0, 0.05) is 30.3 Å². The molecule has 0 fully saturated rings. The minimum Gasteiger partial charge on any atom is -0.328 e. The standard InChI is InChI=1S/C17H23N3/c1-11-5-12(2)7-15(6-11)10-17-19-14(4)9-16(20-17)8-13(3)18/h5-7,9,13H,8,10,18H2,1-4H3. The molecule has 1 atom stereocenters. The van der Waals surface area contributed by atoms with Crippen LogP contribution in [0.25, 0.3) is 0 Å². The summed E-state index contributed by atoms with van der Waals surface area (Å²) in [5.41, 5.74) is 11.7. The molecule has 106 valence electrons. The summed E-state index contributed by atoms with van der Waals surface area (Å²) in [7, 11) is 0. The first kappa shape index (κ1) is 14.7. The lowest BCUT2D eigenvalue weighted by molar-refractivity contribution is 0.711. The molecule has 1 aromatic heterocycles. The molecule has 0 aliphatic rings. The van der Waals surface area contributed by atoms with E-state index in [-0.39, 0.29) is 6.04 Å². The highest BCUT2D eigenvalue weighted by Gasteiger charge is 2.06. The van der Waals surface area contributed by atoms with Crippen molar-refractivity contribution in [1.29, 1.82) is 0 Å².